The summed E-state index contributed by atoms with van der Waals surface area (Å²) < 4.78 is 58.5. The Morgan fingerprint density at radius 2 is 1.78 bits per heavy atom. The van der Waals surface area contributed by atoms with Crippen LogP contribution in [0.4, 0.5) is 18.0 Å². The minimum Gasteiger partial charge on any atom is -0.444 e. The second-order valence-corrected chi connectivity index (χ2v) is 14.1. The number of hydrogen-bond acceptors (Lipinski definition) is 8. The number of amides is 3. The maximum Gasteiger partial charge on any atom is 0.416 e. The number of aromatic nitrogens is 3. The van der Waals surface area contributed by atoms with Crippen molar-refractivity contribution in [1.29, 1.82) is 0 Å². The first kappa shape index (κ1) is 38.1. The average Bonchev–Trinajstić information content (AvgIpc) is 3.47. The van der Waals surface area contributed by atoms with Gasteiger partial charge in [-0.15, -0.1) is 5.10 Å². The number of unbranched alkanes of at least 4 members (excludes halogenated alkanes) is 1. The van der Waals surface area contributed by atoms with Crippen LogP contribution in [0.1, 0.15) is 75.6 Å². The van der Waals surface area contributed by atoms with E-state index in [1.165, 1.54) is 21.7 Å². The summed E-state index contributed by atoms with van der Waals surface area (Å²) in [6, 6.07) is 4.16. The molecule has 49 heavy (non-hydrogen) atoms. The van der Waals surface area contributed by atoms with Crippen LogP contribution in [0.15, 0.2) is 24.3 Å². The van der Waals surface area contributed by atoms with Gasteiger partial charge in [0.1, 0.15) is 5.60 Å². The van der Waals surface area contributed by atoms with Crippen molar-refractivity contribution in [1.82, 2.24) is 29.7 Å². The molecule has 2 aliphatic heterocycles. The number of carbonyl (C=O) groups is 3. The van der Waals surface area contributed by atoms with Gasteiger partial charge in [-0.3, -0.25) is 9.59 Å². The fourth-order valence-corrected chi connectivity index (χ4v) is 6.17. The molecule has 12 nitrogen and oxygen atoms in total. The van der Waals surface area contributed by atoms with E-state index in [4.69, 9.17) is 14.2 Å². The van der Waals surface area contributed by atoms with E-state index >= 15 is 0 Å². The largest absolute Gasteiger partial charge is 0.444 e. The van der Waals surface area contributed by atoms with Gasteiger partial charge in [0.2, 0.25) is 5.91 Å². The number of carbonyl (C=O) groups excluding carboxylic acids is 3. The predicted octanol–water partition coefficient (Wildman–Crippen LogP) is 4.84. The molecule has 2 aliphatic rings. The van der Waals surface area contributed by atoms with Gasteiger partial charge in [0, 0.05) is 46.4 Å². The van der Waals surface area contributed by atoms with E-state index in [-0.39, 0.29) is 42.8 Å². The highest BCUT2D eigenvalue weighted by molar-refractivity contribution is 5.94. The quantitative estimate of drug-likeness (QED) is 0.307. The van der Waals surface area contributed by atoms with E-state index < -0.39 is 41.3 Å². The Labute approximate surface area is 285 Å². The molecular formula is C34H49F3N6O6. The van der Waals surface area contributed by atoms with E-state index in [0.717, 1.165) is 12.1 Å². The van der Waals surface area contributed by atoms with Gasteiger partial charge in [-0.1, -0.05) is 25.1 Å². The van der Waals surface area contributed by atoms with Crippen molar-refractivity contribution >= 4 is 17.9 Å². The lowest BCUT2D eigenvalue weighted by Gasteiger charge is -2.44. The lowest BCUT2D eigenvalue weighted by atomic mass is 9.91. The molecular weight excluding hydrogens is 645 g/mol. The number of piperidine rings is 1. The molecule has 0 saturated carbocycles. The Hall–Kier alpha value is -3.72. The maximum absolute atomic E-state index is 14.6. The molecule has 2 atom stereocenters. The van der Waals surface area contributed by atoms with Gasteiger partial charge in [-0.25, -0.2) is 9.48 Å². The predicted molar refractivity (Wildman–Crippen MR) is 174 cm³/mol. The topological polar surface area (TPSA) is 119 Å². The number of likely N-dealkylation sites (tertiary alicyclic amines) is 1. The molecule has 1 aromatic heterocycles. The number of alkyl halides is 3. The Balaban J connectivity index is 1.73. The number of rotatable bonds is 11. The Kier molecular flexibility index (Phi) is 12.7. The van der Waals surface area contributed by atoms with Crippen LogP contribution in [0.25, 0.3) is 5.69 Å². The zero-order valence-corrected chi connectivity index (χ0v) is 29.3. The fourth-order valence-electron chi connectivity index (χ4n) is 6.17. The molecule has 2 fully saturated rings. The molecule has 0 aliphatic carbocycles. The summed E-state index contributed by atoms with van der Waals surface area (Å²) in [6.45, 7) is 11.9. The first-order valence-corrected chi connectivity index (χ1v) is 16.9. The van der Waals surface area contributed by atoms with Gasteiger partial charge in [0.05, 0.1) is 42.1 Å². The maximum atomic E-state index is 14.6. The molecule has 15 heteroatoms. The molecule has 2 aromatic rings. The van der Waals surface area contributed by atoms with Crippen molar-refractivity contribution in [3.8, 4) is 5.69 Å². The van der Waals surface area contributed by atoms with Crippen LogP contribution in [0, 0.1) is 11.8 Å². The van der Waals surface area contributed by atoms with E-state index in [2.05, 4.69) is 10.3 Å². The van der Waals surface area contributed by atoms with Crippen molar-refractivity contribution in [3.63, 3.8) is 0 Å². The van der Waals surface area contributed by atoms with Crippen molar-refractivity contribution < 1.29 is 41.8 Å². The molecule has 272 valence electrons. The van der Waals surface area contributed by atoms with Gasteiger partial charge in [0.15, 0.2) is 5.69 Å². The zero-order chi connectivity index (χ0) is 35.9. The lowest BCUT2D eigenvalue weighted by Crippen LogP contribution is -2.58. The number of halogens is 3. The van der Waals surface area contributed by atoms with Crippen LogP contribution >= 0.6 is 0 Å². The second kappa shape index (κ2) is 16.3. The third-order valence-electron chi connectivity index (χ3n) is 8.41. The molecule has 4 rings (SSSR count). The van der Waals surface area contributed by atoms with E-state index in [9.17, 15) is 27.6 Å². The van der Waals surface area contributed by atoms with Crippen molar-refractivity contribution in [2.24, 2.45) is 11.8 Å². The summed E-state index contributed by atoms with van der Waals surface area (Å²) in [5.41, 5.74) is -1.11. The Morgan fingerprint density at radius 1 is 1.06 bits per heavy atom. The number of benzene rings is 1. The Bertz CT molecular complexity index is 1440. The van der Waals surface area contributed by atoms with Crippen LogP contribution < -0.4 is 0 Å². The fraction of sp³-hybridized carbons (Fsp3) is 0.676. The van der Waals surface area contributed by atoms with Gasteiger partial charge < -0.3 is 28.9 Å². The normalized spacial score (nSPS) is 18.9. The summed E-state index contributed by atoms with van der Waals surface area (Å²) >= 11 is 0. The molecule has 2 saturated heterocycles. The number of nitrogens with zero attached hydrogens (tertiary/aromatic N) is 6. The van der Waals surface area contributed by atoms with Crippen LogP contribution in [-0.4, -0.2) is 119 Å². The molecule has 0 bridgehead atoms. The van der Waals surface area contributed by atoms with Crippen LogP contribution in [0.2, 0.25) is 0 Å². The minimum absolute atomic E-state index is 0.00193. The summed E-state index contributed by atoms with van der Waals surface area (Å²) in [4.78, 5) is 46.7. The van der Waals surface area contributed by atoms with Crippen LogP contribution in [-0.2, 0) is 31.6 Å². The van der Waals surface area contributed by atoms with Gasteiger partial charge >= 0.3 is 12.3 Å². The summed E-state index contributed by atoms with van der Waals surface area (Å²) in [6.07, 6.45) is -3.33. The highest BCUT2D eigenvalue weighted by atomic mass is 19.4. The molecule has 3 heterocycles. The van der Waals surface area contributed by atoms with Crippen molar-refractivity contribution in [3.05, 3.63) is 41.2 Å². The number of hydrogen-bond donors (Lipinski definition) is 0. The lowest BCUT2D eigenvalue weighted by molar-refractivity contribution is -0.142. The zero-order valence-electron chi connectivity index (χ0n) is 29.3. The monoisotopic (exact) mass is 694 g/mol. The van der Waals surface area contributed by atoms with E-state index in [1.807, 2.05) is 13.8 Å². The molecule has 0 radical (unpaired) electrons. The second-order valence-electron chi connectivity index (χ2n) is 14.1. The Morgan fingerprint density at radius 3 is 2.41 bits per heavy atom. The van der Waals surface area contributed by atoms with Gasteiger partial charge in [0.25, 0.3) is 5.91 Å². The van der Waals surface area contributed by atoms with E-state index in [1.54, 1.807) is 37.7 Å². The average molecular weight is 695 g/mol. The van der Waals surface area contributed by atoms with Crippen LogP contribution in [0.3, 0.4) is 0 Å². The van der Waals surface area contributed by atoms with Crippen molar-refractivity contribution in [2.45, 2.75) is 78.1 Å². The number of methoxy groups -OCH3 is 1. The number of ether oxygens (including phenoxy) is 3. The highest BCUT2D eigenvalue weighted by Gasteiger charge is 2.42. The van der Waals surface area contributed by atoms with Crippen LogP contribution in [0.5, 0.6) is 0 Å². The standard InChI is InChI=1S/C34H49F3N6O6/c1-23(2)20-42(27-18-24(30(44)40-13-16-48-17-14-40)21-41(22-27)32(46)49-33(3,4)5)31(45)29-28(12-7-8-15-47-6)43(39-38-29)26-11-9-10-25(19-26)34(35,36)37/h9-11,19,23-24,27H,7-8,12-18,20-22H2,1-6H3/t24-,27+/m1/s1. The smallest absolute Gasteiger partial charge is 0.416 e. The molecule has 0 N–H and O–H groups in total. The third kappa shape index (κ3) is 10.2. The first-order chi connectivity index (χ1) is 23.1. The number of morpholine rings is 1. The SMILES string of the molecule is COCCCCc1c(C(=O)N(CC(C)C)[C@H]2C[C@@H](C(=O)N3CCOCC3)CN(C(=O)OC(C)(C)C)C2)nnn1-c1cccc(C(F)(F)F)c1. The third-order valence-corrected chi connectivity index (χ3v) is 8.41. The minimum atomic E-state index is -4.57. The first-order valence-electron chi connectivity index (χ1n) is 16.9. The molecule has 3 amide bonds. The van der Waals surface area contributed by atoms with E-state index in [0.29, 0.717) is 64.3 Å². The van der Waals surface area contributed by atoms with Gasteiger partial charge in [-0.2, -0.15) is 13.2 Å². The molecule has 0 unspecified atom stereocenters. The summed E-state index contributed by atoms with van der Waals surface area (Å²) in [7, 11) is 1.58. The summed E-state index contributed by atoms with van der Waals surface area (Å²) in [5.74, 6) is -1.19. The van der Waals surface area contributed by atoms with Gasteiger partial charge in [-0.05, 0) is 70.6 Å². The molecule has 1 aromatic carbocycles. The summed E-state index contributed by atoms with van der Waals surface area (Å²) in [5, 5.41) is 8.44. The highest BCUT2D eigenvalue weighted by Crippen LogP contribution is 2.32. The van der Waals surface area contributed by atoms with Crippen molar-refractivity contribution in [2.75, 3.05) is 59.7 Å². The molecule has 0 spiro atoms.